The Morgan fingerprint density at radius 1 is 0.720 bits per heavy atom. The van der Waals surface area contributed by atoms with E-state index in [-0.39, 0.29) is 18.3 Å². The fraction of sp³-hybridized carbons (Fsp3) is 0.0476. The Hall–Kier alpha value is -3.40. The molecule has 4 nitrogen and oxygen atoms in total. The third kappa shape index (κ3) is 4.54. The van der Waals surface area contributed by atoms with Crippen molar-refractivity contribution in [3.8, 4) is 5.75 Å². The average Bonchev–Trinajstić information content (AvgIpc) is 2.68. The van der Waals surface area contributed by atoms with E-state index in [0.29, 0.717) is 16.9 Å². The zero-order chi connectivity index (χ0) is 17.5. The second-order valence-electron chi connectivity index (χ2n) is 5.42. The third-order valence-electron chi connectivity index (χ3n) is 3.58. The van der Waals surface area contributed by atoms with Gasteiger partial charge in [0.25, 0.3) is 5.91 Å². The highest BCUT2D eigenvalue weighted by atomic mass is 16.5. The van der Waals surface area contributed by atoms with Crippen molar-refractivity contribution in [3.63, 3.8) is 0 Å². The molecule has 25 heavy (non-hydrogen) atoms. The van der Waals surface area contributed by atoms with E-state index in [1.807, 2.05) is 48.5 Å². The van der Waals surface area contributed by atoms with Gasteiger partial charge in [-0.05, 0) is 36.4 Å². The first kappa shape index (κ1) is 16.5. The number of ketones is 1. The van der Waals surface area contributed by atoms with E-state index in [1.165, 1.54) is 0 Å². The van der Waals surface area contributed by atoms with Crippen LogP contribution < -0.4 is 10.1 Å². The first-order valence-electron chi connectivity index (χ1n) is 7.90. The largest absolute Gasteiger partial charge is 0.484 e. The molecule has 4 heteroatoms. The van der Waals surface area contributed by atoms with Crippen LogP contribution in [-0.4, -0.2) is 18.3 Å². The summed E-state index contributed by atoms with van der Waals surface area (Å²) in [7, 11) is 0. The van der Waals surface area contributed by atoms with Crippen LogP contribution in [0.4, 0.5) is 5.69 Å². The van der Waals surface area contributed by atoms with Gasteiger partial charge in [0.05, 0.1) is 0 Å². The van der Waals surface area contributed by atoms with Gasteiger partial charge in [0.2, 0.25) is 0 Å². The van der Waals surface area contributed by atoms with Crippen molar-refractivity contribution in [1.29, 1.82) is 0 Å². The number of carbonyl (C=O) groups excluding carboxylic acids is 2. The molecule has 0 aliphatic carbocycles. The molecular formula is C21H17NO3. The minimum atomic E-state index is -0.240. The summed E-state index contributed by atoms with van der Waals surface area (Å²) < 4.78 is 5.46. The molecule has 0 fully saturated rings. The molecule has 3 aromatic rings. The summed E-state index contributed by atoms with van der Waals surface area (Å²) in [5.41, 5.74) is 1.94. The van der Waals surface area contributed by atoms with Gasteiger partial charge < -0.3 is 10.1 Å². The predicted molar refractivity (Wildman–Crippen MR) is 96.9 cm³/mol. The van der Waals surface area contributed by atoms with Crippen molar-refractivity contribution in [2.24, 2.45) is 0 Å². The Morgan fingerprint density at radius 3 is 1.92 bits per heavy atom. The second-order valence-corrected chi connectivity index (χ2v) is 5.42. The standard InChI is InChI=1S/C21H17NO3/c23-20(22-18-9-5-2-6-10-18)15-25-19-13-11-17(12-14-19)21(24)16-7-3-1-4-8-16/h1-14H,15H2,(H,22,23). The number of ether oxygens (including phenoxy) is 1. The lowest BCUT2D eigenvalue weighted by Gasteiger charge is -2.08. The van der Waals surface area contributed by atoms with Crippen molar-refractivity contribution in [2.75, 3.05) is 11.9 Å². The van der Waals surface area contributed by atoms with Gasteiger partial charge in [0.15, 0.2) is 12.4 Å². The van der Waals surface area contributed by atoms with E-state index in [9.17, 15) is 9.59 Å². The number of hydrogen-bond acceptors (Lipinski definition) is 3. The number of benzene rings is 3. The van der Waals surface area contributed by atoms with Crippen LogP contribution >= 0.6 is 0 Å². The van der Waals surface area contributed by atoms with Crippen LogP contribution in [0.3, 0.4) is 0 Å². The number of nitrogens with one attached hydrogen (secondary N) is 1. The van der Waals surface area contributed by atoms with Gasteiger partial charge in [-0.3, -0.25) is 9.59 Å². The number of hydrogen-bond donors (Lipinski definition) is 1. The van der Waals surface area contributed by atoms with E-state index in [0.717, 1.165) is 5.69 Å². The molecule has 0 heterocycles. The molecule has 0 radical (unpaired) electrons. The Bertz CT molecular complexity index is 843. The van der Waals surface area contributed by atoms with Gasteiger partial charge in [0, 0.05) is 16.8 Å². The average molecular weight is 331 g/mol. The maximum atomic E-state index is 12.3. The Labute approximate surface area is 146 Å². The van der Waals surface area contributed by atoms with E-state index < -0.39 is 0 Å². The highest BCUT2D eigenvalue weighted by Gasteiger charge is 2.09. The van der Waals surface area contributed by atoms with Gasteiger partial charge >= 0.3 is 0 Å². The maximum Gasteiger partial charge on any atom is 0.262 e. The molecule has 0 saturated heterocycles. The Morgan fingerprint density at radius 2 is 1.28 bits per heavy atom. The first-order valence-corrected chi connectivity index (χ1v) is 7.90. The SMILES string of the molecule is O=C(COc1ccc(C(=O)c2ccccc2)cc1)Nc1ccccc1. The van der Waals surface area contributed by atoms with Crippen LogP contribution in [0.25, 0.3) is 0 Å². The smallest absolute Gasteiger partial charge is 0.262 e. The van der Waals surface area contributed by atoms with Crippen LogP contribution in [0.1, 0.15) is 15.9 Å². The Balaban J connectivity index is 1.56. The molecule has 0 saturated carbocycles. The third-order valence-corrected chi connectivity index (χ3v) is 3.58. The van der Waals surface area contributed by atoms with Gasteiger partial charge in [-0.1, -0.05) is 48.5 Å². The maximum absolute atomic E-state index is 12.3. The van der Waals surface area contributed by atoms with Crippen LogP contribution in [0, 0.1) is 0 Å². The van der Waals surface area contributed by atoms with E-state index in [4.69, 9.17) is 4.74 Å². The number of amides is 1. The van der Waals surface area contributed by atoms with Crippen molar-refractivity contribution in [1.82, 2.24) is 0 Å². The van der Waals surface area contributed by atoms with Crippen molar-refractivity contribution >= 4 is 17.4 Å². The van der Waals surface area contributed by atoms with E-state index in [2.05, 4.69) is 5.32 Å². The molecule has 0 spiro atoms. The molecule has 124 valence electrons. The van der Waals surface area contributed by atoms with Crippen molar-refractivity contribution < 1.29 is 14.3 Å². The minimum absolute atomic E-state index is 0.0472. The lowest BCUT2D eigenvalue weighted by atomic mass is 10.0. The molecular weight excluding hydrogens is 314 g/mol. The summed E-state index contributed by atoms with van der Waals surface area (Å²) in [6, 6.07) is 25.0. The zero-order valence-corrected chi connectivity index (χ0v) is 13.5. The van der Waals surface area contributed by atoms with Gasteiger partial charge in [-0.25, -0.2) is 0 Å². The van der Waals surface area contributed by atoms with E-state index in [1.54, 1.807) is 36.4 Å². The fourth-order valence-corrected chi connectivity index (χ4v) is 2.33. The van der Waals surface area contributed by atoms with Crippen LogP contribution in [0.5, 0.6) is 5.75 Å². The molecule has 1 amide bonds. The molecule has 0 bridgehead atoms. The highest BCUT2D eigenvalue weighted by molar-refractivity contribution is 6.09. The number of carbonyl (C=O) groups is 2. The summed E-state index contributed by atoms with van der Waals surface area (Å²) in [6.07, 6.45) is 0. The minimum Gasteiger partial charge on any atom is -0.484 e. The highest BCUT2D eigenvalue weighted by Crippen LogP contribution is 2.15. The molecule has 0 aromatic heterocycles. The molecule has 0 aliphatic heterocycles. The number of anilines is 1. The quantitative estimate of drug-likeness (QED) is 0.696. The molecule has 3 aromatic carbocycles. The molecule has 1 N–H and O–H groups in total. The molecule has 0 aliphatic rings. The lowest BCUT2D eigenvalue weighted by molar-refractivity contribution is -0.118. The molecule has 0 unspecified atom stereocenters. The summed E-state index contributed by atoms with van der Waals surface area (Å²) in [5, 5.41) is 2.75. The summed E-state index contributed by atoms with van der Waals surface area (Å²) in [6.45, 7) is -0.0964. The predicted octanol–water partition coefficient (Wildman–Crippen LogP) is 3.94. The second kappa shape index (κ2) is 7.93. The molecule has 3 rings (SSSR count). The summed E-state index contributed by atoms with van der Waals surface area (Å²) >= 11 is 0. The van der Waals surface area contributed by atoms with Crippen LogP contribution in [0.15, 0.2) is 84.9 Å². The topological polar surface area (TPSA) is 55.4 Å². The zero-order valence-electron chi connectivity index (χ0n) is 13.5. The van der Waals surface area contributed by atoms with Gasteiger partial charge in [0.1, 0.15) is 5.75 Å². The fourth-order valence-electron chi connectivity index (χ4n) is 2.33. The van der Waals surface area contributed by atoms with Gasteiger partial charge in [-0.2, -0.15) is 0 Å². The lowest BCUT2D eigenvalue weighted by Crippen LogP contribution is -2.20. The summed E-state index contributed by atoms with van der Waals surface area (Å²) in [4.78, 5) is 24.2. The van der Waals surface area contributed by atoms with Crippen LogP contribution in [0.2, 0.25) is 0 Å². The van der Waals surface area contributed by atoms with Gasteiger partial charge in [-0.15, -0.1) is 0 Å². The summed E-state index contributed by atoms with van der Waals surface area (Å²) in [5.74, 6) is 0.248. The Kier molecular flexibility index (Phi) is 5.22. The number of rotatable bonds is 6. The van der Waals surface area contributed by atoms with E-state index >= 15 is 0 Å². The van der Waals surface area contributed by atoms with Crippen molar-refractivity contribution in [3.05, 3.63) is 96.1 Å². The van der Waals surface area contributed by atoms with Crippen molar-refractivity contribution in [2.45, 2.75) is 0 Å². The first-order chi connectivity index (χ1) is 12.2. The van der Waals surface area contributed by atoms with Crippen LogP contribution in [-0.2, 0) is 4.79 Å². The normalized spacial score (nSPS) is 10.1. The number of para-hydroxylation sites is 1. The monoisotopic (exact) mass is 331 g/mol. The molecule has 0 atom stereocenters.